The van der Waals surface area contributed by atoms with Crippen molar-refractivity contribution >= 4 is 29.1 Å². The summed E-state index contributed by atoms with van der Waals surface area (Å²) in [6.07, 6.45) is 0. The van der Waals surface area contributed by atoms with Crippen molar-refractivity contribution in [2.24, 2.45) is 0 Å². The molecule has 1 heterocycles. The van der Waals surface area contributed by atoms with Crippen LogP contribution in [0.15, 0.2) is 78.9 Å². The summed E-state index contributed by atoms with van der Waals surface area (Å²) in [5.74, 6) is 0.288. The first-order valence-corrected chi connectivity index (χ1v) is 9.29. The Hall–Kier alpha value is -1.62. The SMILES string of the molecule is ClP1c2ccccc2C(c2ccccc2)c2ccccc21. The molecular weight excluding hydrogens is 295 g/mol. The molecule has 3 aromatic rings. The number of hydrogen-bond acceptors (Lipinski definition) is 0. The molecule has 0 unspecified atom stereocenters. The Kier molecular flexibility index (Phi) is 3.30. The molecule has 0 nitrogen and oxygen atoms in total. The molecule has 0 N–H and O–H groups in total. The molecule has 0 saturated heterocycles. The van der Waals surface area contributed by atoms with E-state index in [1.165, 1.54) is 27.3 Å². The normalized spacial score (nSPS) is 19.7. The van der Waals surface area contributed by atoms with E-state index in [2.05, 4.69) is 78.9 Å². The lowest BCUT2D eigenvalue weighted by Crippen LogP contribution is -2.27. The van der Waals surface area contributed by atoms with Crippen molar-refractivity contribution in [3.63, 3.8) is 0 Å². The van der Waals surface area contributed by atoms with Crippen LogP contribution in [0.5, 0.6) is 0 Å². The molecule has 0 aliphatic carbocycles. The average Bonchev–Trinajstić information content (AvgIpc) is 2.56. The fourth-order valence-corrected chi connectivity index (χ4v) is 5.60. The van der Waals surface area contributed by atoms with Crippen LogP contribution in [0.3, 0.4) is 0 Å². The van der Waals surface area contributed by atoms with Gasteiger partial charge in [-0.05, 0) is 27.3 Å². The summed E-state index contributed by atoms with van der Waals surface area (Å²) in [6, 6.07) is 27.9. The highest BCUT2D eigenvalue weighted by atomic mass is 35.7. The highest BCUT2D eigenvalue weighted by Crippen LogP contribution is 2.49. The van der Waals surface area contributed by atoms with E-state index in [0.717, 1.165) is 0 Å². The van der Waals surface area contributed by atoms with Gasteiger partial charge < -0.3 is 0 Å². The fraction of sp³-hybridized carbons (Fsp3) is 0.0526. The van der Waals surface area contributed by atoms with Gasteiger partial charge in [-0.1, -0.05) is 90.1 Å². The highest BCUT2D eigenvalue weighted by Gasteiger charge is 2.31. The maximum atomic E-state index is 6.80. The minimum absolute atomic E-state index is 0.288. The van der Waals surface area contributed by atoms with E-state index in [1.54, 1.807) is 0 Å². The van der Waals surface area contributed by atoms with Crippen molar-refractivity contribution < 1.29 is 0 Å². The van der Waals surface area contributed by atoms with E-state index >= 15 is 0 Å². The molecule has 1 aliphatic rings. The molecule has 0 aromatic heterocycles. The summed E-state index contributed by atoms with van der Waals surface area (Å²) in [4.78, 5) is 0. The van der Waals surface area contributed by atoms with E-state index in [9.17, 15) is 0 Å². The average molecular weight is 309 g/mol. The number of hydrogen-bond donors (Lipinski definition) is 0. The van der Waals surface area contributed by atoms with Crippen LogP contribution in [0, 0.1) is 0 Å². The molecule has 0 amide bonds. The second-order valence-corrected chi connectivity index (χ2v) is 7.78. The maximum absolute atomic E-state index is 6.80. The molecule has 0 spiro atoms. The summed E-state index contributed by atoms with van der Waals surface area (Å²) in [6.45, 7) is 0. The van der Waals surface area contributed by atoms with Crippen LogP contribution in [-0.4, -0.2) is 0 Å². The quantitative estimate of drug-likeness (QED) is 0.568. The standard InChI is InChI=1S/C19H14ClP/c20-21-17-12-6-4-10-15(17)19(14-8-2-1-3-9-14)16-11-5-7-13-18(16)21/h1-13,19H. The number of rotatable bonds is 1. The third kappa shape index (κ3) is 2.11. The summed E-state index contributed by atoms with van der Waals surface area (Å²) in [5, 5.41) is 2.59. The van der Waals surface area contributed by atoms with Crippen molar-refractivity contribution in [1.29, 1.82) is 0 Å². The second-order valence-electron chi connectivity index (χ2n) is 5.24. The van der Waals surface area contributed by atoms with Gasteiger partial charge in [0.15, 0.2) is 0 Å². The zero-order valence-corrected chi connectivity index (χ0v) is 13.1. The Morgan fingerprint density at radius 2 is 1.10 bits per heavy atom. The molecule has 102 valence electrons. The molecular formula is C19H14ClP. The number of fused-ring (bicyclic) bond motifs is 2. The Balaban J connectivity index is 2.01. The third-order valence-electron chi connectivity index (χ3n) is 4.05. The minimum atomic E-state index is -0.768. The Labute approximate surface area is 130 Å². The lowest BCUT2D eigenvalue weighted by molar-refractivity contribution is 0.990. The smallest absolute Gasteiger partial charge is 0.0530 e. The second kappa shape index (κ2) is 5.30. The summed E-state index contributed by atoms with van der Waals surface area (Å²) < 4.78 is 0. The van der Waals surface area contributed by atoms with E-state index < -0.39 is 7.27 Å². The summed E-state index contributed by atoms with van der Waals surface area (Å²) in [7, 11) is -0.768. The first-order chi connectivity index (χ1) is 10.4. The predicted octanol–water partition coefficient (Wildman–Crippen LogP) is 4.77. The Bertz CT molecular complexity index is 735. The van der Waals surface area contributed by atoms with E-state index in [1.807, 2.05) is 0 Å². The van der Waals surface area contributed by atoms with Crippen molar-refractivity contribution in [2.75, 3.05) is 0 Å². The van der Waals surface area contributed by atoms with Crippen molar-refractivity contribution in [3.05, 3.63) is 95.6 Å². The van der Waals surface area contributed by atoms with E-state index in [0.29, 0.717) is 0 Å². The van der Waals surface area contributed by atoms with Gasteiger partial charge in [-0.25, -0.2) is 0 Å². The van der Waals surface area contributed by atoms with Crippen molar-refractivity contribution in [3.8, 4) is 0 Å². The molecule has 0 saturated carbocycles. The largest absolute Gasteiger partial charge is 0.0858 e. The van der Waals surface area contributed by atoms with Gasteiger partial charge in [-0.3, -0.25) is 0 Å². The molecule has 0 radical (unpaired) electrons. The van der Waals surface area contributed by atoms with E-state index in [-0.39, 0.29) is 5.92 Å². The topological polar surface area (TPSA) is 0 Å². The van der Waals surface area contributed by atoms with E-state index in [4.69, 9.17) is 11.2 Å². The van der Waals surface area contributed by atoms with Crippen LogP contribution in [0.4, 0.5) is 0 Å². The van der Waals surface area contributed by atoms with Crippen LogP contribution in [-0.2, 0) is 0 Å². The summed E-state index contributed by atoms with van der Waals surface area (Å²) in [5.41, 5.74) is 4.03. The molecule has 1 aliphatic heterocycles. The van der Waals surface area contributed by atoms with Crippen LogP contribution in [0.25, 0.3) is 0 Å². The molecule has 0 fully saturated rings. The minimum Gasteiger partial charge on any atom is -0.0858 e. The van der Waals surface area contributed by atoms with Gasteiger partial charge in [0.05, 0.1) is 7.27 Å². The van der Waals surface area contributed by atoms with Gasteiger partial charge in [0.2, 0.25) is 0 Å². The predicted molar refractivity (Wildman–Crippen MR) is 92.3 cm³/mol. The fourth-order valence-electron chi connectivity index (χ4n) is 3.12. The zero-order valence-electron chi connectivity index (χ0n) is 11.4. The number of benzene rings is 3. The number of halogens is 1. The third-order valence-corrected chi connectivity index (χ3v) is 6.80. The first kappa shape index (κ1) is 13.1. The molecule has 0 bridgehead atoms. The lowest BCUT2D eigenvalue weighted by Gasteiger charge is -2.31. The first-order valence-electron chi connectivity index (χ1n) is 7.05. The Morgan fingerprint density at radius 1 is 0.619 bits per heavy atom. The van der Waals surface area contributed by atoms with Crippen LogP contribution in [0.2, 0.25) is 0 Å². The van der Waals surface area contributed by atoms with Crippen LogP contribution < -0.4 is 10.6 Å². The molecule has 0 atom stereocenters. The van der Waals surface area contributed by atoms with Gasteiger partial charge in [0.1, 0.15) is 0 Å². The van der Waals surface area contributed by atoms with Crippen LogP contribution in [0.1, 0.15) is 22.6 Å². The zero-order chi connectivity index (χ0) is 14.2. The van der Waals surface area contributed by atoms with Gasteiger partial charge >= 0.3 is 0 Å². The molecule has 4 rings (SSSR count). The van der Waals surface area contributed by atoms with Crippen LogP contribution >= 0.6 is 18.5 Å². The van der Waals surface area contributed by atoms with Gasteiger partial charge in [-0.15, -0.1) is 0 Å². The van der Waals surface area contributed by atoms with Crippen molar-refractivity contribution in [2.45, 2.75) is 5.92 Å². The maximum Gasteiger partial charge on any atom is 0.0530 e. The van der Waals surface area contributed by atoms with Gasteiger partial charge in [-0.2, -0.15) is 0 Å². The molecule has 21 heavy (non-hydrogen) atoms. The lowest BCUT2D eigenvalue weighted by atomic mass is 9.85. The Morgan fingerprint density at radius 3 is 1.67 bits per heavy atom. The van der Waals surface area contributed by atoms with Crippen molar-refractivity contribution in [1.82, 2.24) is 0 Å². The van der Waals surface area contributed by atoms with Gasteiger partial charge in [0.25, 0.3) is 0 Å². The highest BCUT2D eigenvalue weighted by molar-refractivity contribution is 7.95. The summed E-state index contributed by atoms with van der Waals surface area (Å²) >= 11 is 6.80. The molecule has 2 heteroatoms. The van der Waals surface area contributed by atoms with Gasteiger partial charge in [0, 0.05) is 5.92 Å². The molecule has 3 aromatic carbocycles. The monoisotopic (exact) mass is 308 g/mol.